The van der Waals surface area contributed by atoms with Gasteiger partial charge in [-0.15, -0.1) is 0 Å². The van der Waals surface area contributed by atoms with Gasteiger partial charge >= 0.3 is 0 Å². The van der Waals surface area contributed by atoms with Gasteiger partial charge in [-0.2, -0.15) is 0 Å². The Morgan fingerprint density at radius 3 is 2.68 bits per heavy atom. The van der Waals surface area contributed by atoms with Gasteiger partial charge in [0.25, 0.3) is 11.8 Å². The summed E-state index contributed by atoms with van der Waals surface area (Å²) < 4.78 is 5.27. The zero-order chi connectivity index (χ0) is 20.0. The number of amides is 2. The highest BCUT2D eigenvalue weighted by molar-refractivity contribution is 6.36. The smallest absolute Gasteiger partial charge is 0.259 e. The number of hydrogen-bond acceptors (Lipinski definition) is 3. The van der Waals surface area contributed by atoms with E-state index in [4.69, 9.17) is 27.9 Å². The molecule has 142 valence electrons. The Bertz CT molecular complexity index is 1140. The van der Waals surface area contributed by atoms with Crippen molar-refractivity contribution in [3.63, 3.8) is 0 Å². The van der Waals surface area contributed by atoms with E-state index in [1.807, 2.05) is 25.1 Å². The molecule has 0 spiro atoms. The molecule has 1 heterocycles. The topological polar surface area (TPSA) is 58.6 Å². The molecule has 0 atom stereocenters. The normalized spacial score (nSPS) is 12.6. The maximum atomic E-state index is 12.9. The van der Waals surface area contributed by atoms with Gasteiger partial charge in [0, 0.05) is 33.6 Å². The van der Waals surface area contributed by atoms with E-state index in [0.717, 1.165) is 16.5 Å². The van der Waals surface area contributed by atoms with Crippen molar-refractivity contribution in [3.8, 4) is 5.75 Å². The zero-order valence-corrected chi connectivity index (χ0v) is 16.7. The van der Waals surface area contributed by atoms with Crippen molar-refractivity contribution >= 4 is 57.2 Å². The average molecular weight is 415 g/mol. The van der Waals surface area contributed by atoms with Crippen molar-refractivity contribution in [2.24, 2.45) is 0 Å². The Hall–Kier alpha value is -2.76. The summed E-state index contributed by atoms with van der Waals surface area (Å²) in [4.78, 5) is 27.3. The van der Waals surface area contributed by atoms with Crippen molar-refractivity contribution in [2.75, 3.05) is 23.9 Å². The molecule has 7 heteroatoms. The van der Waals surface area contributed by atoms with Crippen LogP contribution in [-0.2, 0) is 0 Å². The highest BCUT2D eigenvalue weighted by atomic mass is 35.5. The van der Waals surface area contributed by atoms with Crippen LogP contribution in [0.25, 0.3) is 10.8 Å². The molecule has 2 amide bonds. The number of ether oxygens (including phenoxy) is 1. The summed E-state index contributed by atoms with van der Waals surface area (Å²) in [6, 6.07) is 12.1. The number of nitrogens with one attached hydrogen (secondary N) is 1. The molecule has 1 aliphatic heterocycles. The molecule has 3 aromatic rings. The van der Waals surface area contributed by atoms with Crippen LogP contribution in [0.15, 0.2) is 42.5 Å². The molecular weight excluding hydrogens is 399 g/mol. The van der Waals surface area contributed by atoms with E-state index >= 15 is 0 Å². The number of hydrogen-bond donors (Lipinski definition) is 1. The Labute approximate surface area is 171 Å². The second-order valence-corrected chi connectivity index (χ2v) is 7.18. The first-order chi connectivity index (χ1) is 13.5. The Morgan fingerprint density at radius 1 is 1.18 bits per heavy atom. The standard InChI is InChI=1S/C21H16Cl2N2O3/c1-3-25-17-8-7-16(12-5-4-6-13(18(12)17)21(25)27)24-20(26)14-9-11(22)10-15(23)19(14)28-2/h4-10H,3H2,1-2H3,(H,24,26). The molecule has 28 heavy (non-hydrogen) atoms. The fourth-order valence-corrected chi connectivity index (χ4v) is 4.17. The predicted octanol–water partition coefficient (Wildman–Crippen LogP) is 5.39. The minimum atomic E-state index is -0.404. The van der Waals surface area contributed by atoms with E-state index < -0.39 is 5.91 Å². The summed E-state index contributed by atoms with van der Waals surface area (Å²) in [5.41, 5.74) is 2.30. The third-order valence-corrected chi connectivity index (χ3v) is 5.31. The van der Waals surface area contributed by atoms with E-state index in [2.05, 4.69) is 5.32 Å². The molecule has 0 saturated heterocycles. The molecule has 0 bridgehead atoms. The fourth-order valence-electron chi connectivity index (χ4n) is 3.60. The van der Waals surface area contributed by atoms with Gasteiger partial charge < -0.3 is 15.0 Å². The van der Waals surface area contributed by atoms with E-state index in [0.29, 0.717) is 22.8 Å². The van der Waals surface area contributed by atoms with Gasteiger partial charge in [-0.25, -0.2) is 0 Å². The highest BCUT2D eigenvalue weighted by Gasteiger charge is 2.29. The maximum Gasteiger partial charge on any atom is 0.259 e. The van der Waals surface area contributed by atoms with Crippen molar-refractivity contribution in [3.05, 3.63) is 63.6 Å². The number of rotatable bonds is 4. The number of benzene rings is 3. The van der Waals surface area contributed by atoms with Gasteiger partial charge in [0.1, 0.15) is 5.75 Å². The minimum Gasteiger partial charge on any atom is -0.494 e. The van der Waals surface area contributed by atoms with E-state index in [-0.39, 0.29) is 22.2 Å². The van der Waals surface area contributed by atoms with Crippen molar-refractivity contribution in [1.29, 1.82) is 0 Å². The van der Waals surface area contributed by atoms with Crippen LogP contribution >= 0.6 is 23.2 Å². The lowest BCUT2D eigenvalue weighted by atomic mass is 10.0. The van der Waals surface area contributed by atoms with Gasteiger partial charge in [0.15, 0.2) is 0 Å². The summed E-state index contributed by atoms with van der Waals surface area (Å²) in [6.07, 6.45) is 0. The highest BCUT2D eigenvalue weighted by Crippen LogP contribution is 2.41. The van der Waals surface area contributed by atoms with Crippen LogP contribution in [0.1, 0.15) is 27.6 Å². The summed E-state index contributed by atoms with van der Waals surface area (Å²) in [5, 5.41) is 5.11. The van der Waals surface area contributed by atoms with E-state index in [1.54, 1.807) is 17.0 Å². The lowest BCUT2D eigenvalue weighted by Gasteiger charge is -2.16. The number of anilines is 2. The first kappa shape index (κ1) is 18.6. The molecular formula is C21H16Cl2N2O3. The molecule has 0 radical (unpaired) electrons. The molecule has 0 fully saturated rings. The van der Waals surface area contributed by atoms with Gasteiger partial charge in [-0.1, -0.05) is 35.3 Å². The molecule has 0 saturated carbocycles. The van der Waals surface area contributed by atoms with Gasteiger partial charge in [0.2, 0.25) is 0 Å². The fraction of sp³-hybridized carbons (Fsp3) is 0.143. The van der Waals surface area contributed by atoms with Crippen LogP contribution < -0.4 is 15.0 Å². The quantitative estimate of drug-likeness (QED) is 0.622. The summed E-state index contributed by atoms with van der Waals surface area (Å²) in [7, 11) is 1.44. The molecule has 0 aromatic heterocycles. The molecule has 4 rings (SSSR count). The maximum absolute atomic E-state index is 12.9. The first-order valence-electron chi connectivity index (χ1n) is 8.68. The zero-order valence-electron chi connectivity index (χ0n) is 15.2. The SMILES string of the molecule is CCN1C(=O)c2cccc3c(NC(=O)c4cc(Cl)cc(Cl)c4OC)ccc1c23. The summed E-state index contributed by atoms with van der Waals surface area (Å²) in [6.45, 7) is 2.51. The lowest BCUT2D eigenvalue weighted by Crippen LogP contribution is -2.25. The number of methoxy groups -OCH3 is 1. The van der Waals surface area contributed by atoms with Crippen LogP contribution in [0.5, 0.6) is 5.75 Å². The van der Waals surface area contributed by atoms with Crippen LogP contribution in [-0.4, -0.2) is 25.5 Å². The third-order valence-electron chi connectivity index (χ3n) is 4.81. The number of carbonyl (C=O) groups is 2. The second kappa shape index (κ2) is 7.00. The third kappa shape index (κ3) is 2.79. The lowest BCUT2D eigenvalue weighted by molar-refractivity contribution is 0.0992. The monoisotopic (exact) mass is 414 g/mol. The predicted molar refractivity (Wildman–Crippen MR) is 112 cm³/mol. The van der Waals surface area contributed by atoms with Crippen molar-refractivity contribution in [2.45, 2.75) is 6.92 Å². The molecule has 1 aliphatic rings. The first-order valence-corrected chi connectivity index (χ1v) is 9.43. The summed E-state index contributed by atoms with van der Waals surface area (Å²) >= 11 is 12.2. The van der Waals surface area contributed by atoms with E-state index in [9.17, 15) is 9.59 Å². The van der Waals surface area contributed by atoms with Gasteiger partial charge in [-0.05, 0) is 37.3 Å². The van der Waals surface area contributed by atoms with Crippen molar-refractivity contribution in [1.82, 2.24) is 0 Å². The number of halogens is 2. The van der Waals surface area contributed by atoms with Crippen LogP contribution in [0, 0.1) is 0 Å². The average Bonchev–Trinajstić information content (AvgIpc) is 2.96. The minimum absolute atomic E-state index is 0.0325. The molecule has 1 N–H and O–H groups in total. The van der Waals surface area contributed by atoms with Crippen molar-refractivity contribution < 1.29 is 14.3 Å². The molecule has 0 unspecified atom stereocenters. The molecule has 5 nitrogen and oxygen atoms in total. The Kier molecular flexibility index (Phi) is 4.65. The Balaban J connectivity index is 1.80. The molecule has 0 aliphatic carbocycles. The number of nitrogens with zero attached hydrogens (tertiary/aromatic N) is 1. The number of carbonyl (C=O) groups excluding carboxylic acids is 2. The van der Waals surface area contributed by atoms with Crippen LogP contribution in [0.3, 0.4) is 0 Å². The Morgan fingerprint density at radius 2 is 1.96 bits per heavy atom. The van der Waals surface area contributed by atoms with Crippen LogP contribution in [0.2, 0.25) is 10.0 Å². The van der Waals surface area contributed by atoms with Crippen LogP contribution in [0.4, 0.5) is 11.4 Å². The van der Waals surface area contributed by atoms with Gasteiger partial charge in [-0.3, -0.25) is 9.59 Å². The summed E-state index contributed by atoms with van der Waals surface area (Å²) in [5.74, 6) is -0.185. The largest absolute Gasteiger partial charge is 0.494 e. The molecule has 3 aromatic carbocycles. The van der Waals surface area contributed by atoms with E-state index in [1.165, 1.54) is 19.2 Å². The van der Waals surface area contributed by atoms with Gasteiger partial charge in [0.05, 0.1) is 23.4 Å². The second-order valence-electron chi connectivity index (χ2n) is 6.33.